The van der Waals surface area contributed by atoms with Gasteiger partial charge in [0.2, 0.25) is 0 Å². The lowest BCUT2D eigenvalue weighted by atomic mass is 9.97. The van der Waals surface area contributed by atoms with E-state index >= 15 is 0 Å². The number of hydrogen-bond donors (Lipinski definition) is 2. The van der Waals surface area contributed by atoms with Crippen molar-refractivity contribution in [2.24, 2.45) is 0 Å². The predicted molar refractivity (Wildman–Crippen MR) is 176 cm³/mol. The van der Waals surface area contributed by atoms with Gasteiger partial charge in [-0.15, -0.1) is 0 Å². The Hall–Kier alpha value is -4.02. The molecule has 1 heterocycles. The molecule has 10 nitrogen and oxygen atoms in total. The summed E-state index contributed by atoms with van der Waals surface area (Å²) in [4.78, 5) is 47.0. The number of esters is 1. The molecule has 0 bridgehead atoms. The topological polar surface area (TPSA) is 144 Å². The maximum Gasteiger partial charge on any atom is 0.414 e. The molecule has 2 aromatic carbocycles. The van der Waals surface area contributed by atoms with Crippen LogP contribution in [0.25, 0.3) is 11.0 Å². The first kappa shape index (κ1) is 38.2. The summed E-state index contributed by atoms with van der Waals surface area (Å²) >= 11 is 0. The van der Waals surface area contributed by atoms with Gasteiger partial charge < -0.3 is 29.0 Å². The van der Waals surface area contributed by atoms with Crippen molar-refractivity contribution in [3.05, 3.63) is 70.5 Å². The number of ketones is 1. The number of benzene rings is 2. The zero-order chi connectivity index (χ0) is 34.1. The summed E-state index contributed by atoms with van der Waals surface area (Å²) in [6.07, 6.45) is 7.18. The molecule has 2 N–H and O–H groups in total. The molecule has 0 amide bonds. The molecule has 0 fully saturated rings. The van der Waals surface area contributed by atoms with E-state index in [1.165, 1.54) is 25.7 Å². The SMILES string of the molecule is CCCCc1oc2ccc(C(=O)OC(C)C)cc2c1C(=O)c1ccc(COCCN(CCCC)CCCC)cc1.O=C(O)C(=O)O. The normalized spacial score (nSPS) is 11.0. The van der Waals surface area contributed by atoms with Crippen molar-refractivity contribution in [3.63, 3.8) is 0 Å². The van der Waals surface area contributed by atoms with Crippen LogP contribution in [0.4, 0.5) is 0 Å². The van der Waals surface area contributed by atoms with Crippen LogP contribution in [0.5, 0.6) is 0 Å². The van der Waals surface area contributed by atoms with E-state index < -0.39 is 17.9 Å². The zero-order valence-electron chi connectivity index (χ0n) is 27.8. The number of aryl methyl sites for hydroxylation is 1. The van der Waals surface area contributed by atoms with Crippen molar-refractivity contribution in [2.75, 3.05) is 26.2 Å². The standard InChI is InChI=1S/C34H47NO5.C2H2O4/c1-6-9-12-31-32(29-23-28(17-18-30(29)40-31)34(37)39-25(4)5)33(36)27-15-13-26(14-16-27)24-38-22-21-35(19-10-7-2)20-11-8-3;3-1(4)2(5)6/h13-18,23,25H,6-12,19-22,24H2,1-5H3;(H,3,4)(H,5,6). The Balaban J connectivity index is 0.00000112. The minimum absolute atomic E-state index is 0.103. The van der Waals surface area contributed by atoms with Gasteiger partial charge in [0, 0.05) is 23.9 Å². The van der Waals surface area contributed by atoms with Crippen molar-refractivity contribution >= 4 is 34.7 Å². The number of carboxylic acid groups (broad SMARTS) is 2. The molecule has 0 saturated carbocycles. The highest BCUT2D eigenvalue weighted by molar-refractivity contribution is 6.27. The summed E-state index contributed by atoms with van der Waals surface area (Å²) in [7, 11) is 0. The van der Waals surface area contributed by atoms with E-state index in [1.807, 2.05) is 38.1 Å². The summed E-state index contributed by atoms with van der Waals surface area (Å²) < 4.78 is 17.5. The summed E-state index contributed by atoms with van der Waals surface area (Å²) in [6.45, 7) is 14.6. The highest BCUT2D eigenvalue weighted by atomic mass is 16.5. The van der Waals surface area contributed by atoms with E-state index in [-0.39, 0.29) is 11.9 Å². The molecule has 0 spiro atoms. The number of furan rings is 1. The minimum atomic E-state index is -1.82. The Morgan fingerprint density at radius 1 is 0.804 bits per heavy atom. The van der Waals surface area contributed by atoms with Crippen LogP contribution in [-0.4, -0.2) is 71.1 Å². The molecular weight excluding hydrogens is 590 g/mol. The van der Waals surface area contributed by atoms with Gasteiger partial charge in [-0.1, -0.05) is 64.3 Å². The monoisotopic (exact) mass is 639 g/mol. The lowest BCUT2D eigenvalue weighted by Crippen LogP contribution is -2.29. The summed E-state index contributed by atoms with van der Waals surface area (Å²) in [6, 6.07) is 12.8. The third-order valence-corrected chi connectivity index (χ3v) is 7.20. The van der Waals surface area contributed by atoms with Gasteiger partial charge in [-0.25, -0.2) is 14.4 Å². The largest absolute Gasteiger partial charge is 0.473 e. The van der Waals surface area contributed by atoms with E-state index in [0.717, 1.165) is 38.0 Å². The van der Waals surface area contributed by atoms with Gasteiger partial charge in [0.1, 0.15) is 11.3 Å². The molecule has 0 atom stereocenters. The number of aliphatic carboxylic acids is 2. The van der Waals surface area contributed by atoms with Crippen LogP contribution in [-0.2, 0) is 32.1 Å². The Bertz CT molecular complexity index is 1390. The number of unbranched alkanes of at least 4 members (excludes halogenated alkanes) is 3. The van der Waals surface area contributed by atoms with Gasteiger partial charge in [-0.3, -0.25) is 4.79 Å². The average molecular weight is 640 g/mol. The van der Waals surface area contributed by atoms with Crippen LogP contribution in [0.3, 0.4) is 0 Å². The Morgan fingerprint density at radius 3 is 1.93 bits per heavy atom. The third kappa shape index (κ3) is 12.4. The van der Waals surface area contributed by atoms with E-state index in [1.54, 1.807) is 18.2 Å². The Kier molecular flexibility index (Phi) is 16.7. The first-order chi connectivity index (χ1) is 22.0. The van der Waals surface area contributed by atoms with Gasteiger partial charge in [0.25, 0.3) is 0 Å². The first-order valence-corrected chi connectivity index (χ1v) is 16.2. The molecule has 0 aliphatic heterocycles. The highest BCUT2D eigenvalue weighted by Gasteiger charge is 2.23. The quantitative estimate of drug-likeness (QED) is 0.0637. The summed E-state index contributed by atoms with van der Waals surface area (Å²) in [5.41, 5.74) is 3.17. The second-order valence-electron chi connectivity index (χ2n) is 11.4. The second kappa shape index (κ2) is 20.2. The van der Waals surface area contributed by atoms with Crippen molar-refractivity contribution in [1.29, 1.82) is 0 Å². The van der Waals surface area contributed by atoms with Crippen molar-refractivity contribution < 1.29 is 43.3 Å². The zero-order valence-corrected chi connectivity index (χ0v) is 27.8. The summed E-state index contributed by atoms with van der Waals surface area (Å²) in [5, 5.41) is 15.4. The number of hydrogen-bond acceptors (Lipinski definition) is 8. The number of rotatable bonds is 18. The number of carbonyl (C=O) groups excluding carboxylic acids is 2. The van der Waals surface area contributed by atoms with Gasteiger partial charge in [-0.2, -0.15) is 0 Å². The minimum Gasteiger partial charge on any atom is -0.473 e. The second-order valence-corrected chi connectivity index (χ2v) is 11.4. The molecule has 46 heavy (non-hydrogen) atoms. The molecule has 0 radical (unpaired) electrons. The molecule has 10 heteroatoms. The molecular formula is C36H49NO9. The number of ether oxygens (including phenoxy) is 2. The Labute approximate surface area is 271 Å². The third-order valence-electron chi connectivity index (χ3n) is 7.20. The molecule has 252 valence electrons. The molecule has 1 aromatic heterocycles. The van der Waals surface area contributed by atoms with E-state index in [2.05, 4.69) is 25.7 Å². The molecule has 0 saturated heterocycles. The predicted octanol–water partition coefficient (Wildman–Crippen LogP) is 7.15. The fraction of sp³-hybridized carbons (Fsp3) is 0.500. The maximum atomic E-state index is 13.8. The van der Waals surface area contributed by atoms with Crippen molar-refractivity contribution in [1.82, 2.24) is 4.90 Å². The summed E-state index contributed by atoms with van der Waals surface area (Å²) in [5.74, 6) is -3.49. The van der Waals surface area contributed by atoms with Crippen LogP contribution < -0.4 is 0 Å². The van der Waals surface area contributed by atoms with E-state index in [0.29, 0.717) is 53.1 Å². The van der Waals surface area contributed by atoms with Gasteiger partial charge >= 0.3 is 17.9 Å². The van der Waals surface area contributed by atoms with E-state index in [4.69, 9.17) is 33.7 Å². The number of nitrogens with zero attached hydrogens (tertiary/aromatic N) is 1. The van der Waals surface area contributed by atoms with Crippen LogP contribution >= 0.6 is 0 Å². The molecule has 3 aromatic rings. The first-order valence-electron chi connectivity index (χ1n) is 16.2. The number of carbonyl (C=O) groups is 4. The van der Waals surface area contributed by atoms with Crippen molar-refractivity contribution in [2.45, 2.75) is 92.3 Å². The fourth-order valence-electron chi connectivity index (χ4n) is 4.70. The molecule has 0 aliphatic carbocycles. The van der Waals surface area contributed by atoms with E-state index in [9.17, 15) is 9.59 Å². The van der Waals surface area contributed by atoms with Crippen LogP contribution in [0, 0.1) is 0 Å². The molecule has 0 aliphatic rings. The van der Waals surface area contributed by atoms with Crippen molar-refractivity contribution in [3.8, 4) is 0 Å². The number of carboxylic acids is 2. The smallest absolute Gasteiger partial charge is 0.414 e. The lowest BCUT2D eigenvalue weighted by molar-refractivity contribution is -0.159. The molecule has 0 unspecified atom stereocenters. The Morgan fingerprint density at radius 2 is 1.39 bits per heavy atom. The number of fused-ring (bicyclic) bond motifs is 1. The van der Waals surface area contributed by atoms with Crippen LogP contribution in [0.1, 0.15) is 111 Å². The average Bonchev–Trinajstić information content (AvgIpc) is 3.40. The lowest BCUT2D eigenvalue weighted by Gasteiger charge is -2.21. The fourth-order valence-corrected chi connectivity index (χ4v) is 4.70. The van der Waals surface area contributed by atoms with Gasteiger partial charge in [0.05, 0.1) is 30.4 Å². The van der Waals surface area contributed by atoms with Crippen LogP contribution in [0.15, 0.2) is 46.9 Å². The van der Waals surface area contributed by atoms with Gasteiger partial charge in [0.15, 0.2) is 5.78 Å². The molecule has 3 rings (SSSR count). The van der Waals surface area contributed by atoms with Gasteiger partial charge in [-0.05, 0) is 70.0 Å². The maximum absolute atomic E-state index is 13.8. The van der Waals surface area contributed by atoms with Crippen LogP contribution in [0.2, 0.25) is 0 Å². The highest BCUT2D eigenvalue weighted by Crippen LogP contribution is 2.31.